The summed E-state index contributed by atoms with van der Waals surface area (Å²) in [7, 11) is 0. The van der Waals surface area contributed by atoms with E-state index in [1.54, 1.807) is 0 Å². The van der Waals surface area contributed by atoms with Crippen molar-refractivity contribution in [3.8, 4) is 0 Å². The standard InChI is InChI=1S/C15H22.3C2H6.CH3.Zn/c1-3-8-14(9-4-1)12-7-13-15-10-5-2-6-11-15;3*1-2;;/h1,3-4,8-9,15H,2,5-7,10-13H2;3*1-2H3;1H3;/q;;;;-1;. The summed E-state index contributed by atoms with van der Waals surface area (Å²) in [5.74, 6) is 1.04. The van der Waals surface area contributed by atoms with Gasteiger partial charge in [-0.25, -0.2) is 0 Å². The molecule has 0 aliphatic heterocycles. The van der Waals surface area contributed by atoms with Gasteiger partial charge in [0.1, 0.15) is 0 Å². The molecule has 23 heavy (non-hydrogen) atoms. The predicted octanol–water partition coefficient (Wildman–Crippen LogP) is 8.12. The first-order chi connectivity index (χ1) is 10.4. The van der Waals surface area contributed by atoms with Gasteiger partial charge >= 0.3 is 0 Å². The fourth-order valence-corrected chi connectivity index (χ4v) is 2.72. The Morgan fingerprint density at radius 3 is 1.74 bits per heavy atom. The van der Waals surface area contributed by atoms with E-state index in [9.17, 15) is 0 Å². The van der Waals surface area contributed by atoms with Crippen LogP contribution < -0.4 is 0 Å². The van der Waals surface area contributed by atoms with Gasteiger partial charge < -0.3 is 7.43 Å². The van der Waals surface area contributed by atoms with E-state index in [0.717, 1.165) is 5.92 Å². The topological polar surface area (TPSA) is 0 Å². The minimum Gasteiger partial charge on any atom is -0.358 e. The van der Waals surface area contributed by atoms with E-state index in [-0.39, 0.29) is 26.9 Å². The second kappa shape index (κ2) is 26.7. The molecule has 1 heteroatoms. The molecule has 0 bridgehead atoms. The van der Waals surface area contributed by atoms with Crippen LogP contribution in [0, 0.1) is 13.3 Å². The molecule has 0 spiro atoms. The van der Waals surface area contributed by atoms with Gasteiger partial charge in [0.05, 0.1) is 0 Å². The fraction of sp³-hybridized carbons (Fsp3) is 0.682. The molecule has 0 radical (unpaired) electrons. The van der Waals surface area contributed by atoms with Crippen LogP contribution in [0.25, 0.3) is 0 Å². The van der Waals surface area contributed by atoms with E-state index in [1.165, 1.54) is 56.9 Å². The third-order valence-corrected chi connectivity index (χ3v) is 3.65. The normalized spacial score (nSPS) is 12.4. The molecule has 1 aliphatic carbocycles. The van der Waals surface area contributed by atoms with Crippen LogP contribution in [-0.4, -0.2) is 0 Å². The molecule has 0 saturated heterocycles. The number of hydrogen-bond donors (Lipinski definition) is 0. The van der Waals surface area contributed by atoms with Crippen molar-refractivity contribution >= 4 is 0 Å². The average Bonchev–Trinajstić information content (AvgIpc) is 2.62. The van der Waals surface area contributed by atoms with E-state index >= 15 is 0 Å². The molecule has 2 rings (SSSR count). The largest absolute Gasteiger partial charge is 0.358 e. The molecule has 0 heterocycles. The van der Waals surface area contributed by atoms with Gasteiger partial charge in [0.2, 0.25) is 0 Å². The molecule has 1 aliphatic rings. The molecular formula is C22H43Zn-. The maximum atomic E-state index is 2.25. The maximum Gasteiger partial charge on any atom is 0 e. The van der Waals surface area contributed by atoms with Crippen LogP contribution in [0.1, 0.15) is 92.1 Å². The summed E-state index contributed by atoms with van der Waals surface area (Å²) in [5.41, 5.74) is 1.51. The summed E-state index contributed by atoms with van der Waals surface area (Å²) < 4.78 is 0. The Morgan fingerprint density at radius 2 is 1.26 bits per heavy atom. The van der Waals surface area contributed by atoms with Crippen molar-refractivity contribution in [2.24, 2.45) is 5.92 Å². The van der Waals surface area contributed by atoms with Crippen molar-refractivity contribution in [3.63, 3.8) is 0 Å². The van der Waals surface area contributed by atoms with Gasteiger partial charge in [-0.2, -0.15) is 0 Å². The van der Waals surface area contributed by atoms with Crippen LogP contribution in [0.2, 0.25) is 0 Å². The Balaban J connectivity index is -0.000000204. The zero-order valence-electron chi connectivity index (χ0n) is 17.3. The number of aryl methyl sites for hydroxylation is 1. The monoisotopic (exact) mass is 371 g/mol. The van der Waals surface area contributed by atoms with Gasteiger partial charge in [-0.1, -0.05) is 110 Å². The molecule has 0 N–H and O–H groups in total. The van der Waals surface area contributed by atoms with Crippen molar-refractivity contribution in [2.45, 2.75) is 92.9 Å². The Bertz CT molecular complexity index is 263. The average molecular weight is 373 g/mol. The molecule has 0 aromatic heterocycles. The molecule has 0 atom stereocenters. The van der Waals surface area contributed by atoms with E-state index in [1.807, 2.05) is 41.5 Å². The van der Waals surface area contributed by atoms with Gasteiger partial charge in [0.25, 0.3) is 0 Å². The van der Waals surface area contributed by atoms with Crippen molar-refractivity contribution < 1.29 is 19.5 Å². The number of rotatable bonds is 4. The van der Waals surface area contributed by atoms with Crippen LogP contribution in [0.5, 0.6) is 0 Å². The van der Waals surface area contributed by atoms with Crippen LogP contribution in [-0.2, 0) is 25.9 Å². The molecule has 134 valence electrons. The van der Waals surface area contributed by atoms with Crippen LogP contribution in [0.3, 0.4) is 0 Å². The van der Waals surface area contributed by atoms with E-state index in [4.69, 9.17) is 0 Å². The summed E-state index contributed by atoms with van der Waals surface area (Å²) in [6.45, 7) is 12.0. The minimum atomic E-state index is 0. The van der Waals surface area contributed by atoms with Crippen LogP contribution >= 0.6 is 0 Å². The van der Waals surface area contributed by atoms with Gasteiger partial charge in [0.15, 0.2) is 0 Å². The van der Waals surface area contributed by atoms with E-state index in [0.29, 0.717) is 0 Å². The zero-order valence-corrected chi connectivity index (χ0v) is 20.3. The zero-order chi connectivity index (χ0) is 16.3. The Hall–Kier alpha value is -0.157. The summed E-state index contributed by atoms with van der Waals surface area (Å²) in [4.78, 5) is 0. The van der Waals surface area contributed by atoms with Crippen molar-refractivity contribution in [3.05, 3.63) is 43.3 Å². The number of benzene rings is 1. The second-order valence-electron chi connectivity index (χ2n) is 4.88. The van der Waals surface area contributed by atoms with Gasteiger partial charge in [-0.05, 0) is 24.3 Å². The first-order valence-electron chi connectivity index (χ1n) is 9.49. The third kappa shape index (κ3) is 18.0. The van der Waals surface area contributed by atoms with Crippen molar-refractivity contribution in [1.82, 2.24) is 0 Å². The Morgan fingerprint density at radius 1 is 0.783 bits per heavy atom. The van der Waals surface area contributed by atoms with Gasteiger partial charge in [-0.3, -0.25) is 0 Å². The molecule has 1 fully saturated rings. The molecular weight excluding hydrogens is 330 g/mol. The third-order valence-electron chi connectivity index (χ3n) is 3.65. The summed E-state index contributed by atoms with van der Waals surface area (Å²) >= 11 is 0. The van der Waals surface area contributed by atoms with Crippen LogP contribution in [0.4, 0.5) is 0 Å². The quantitative estimate of drug-likeness (QED) is 0.369. The smallest absolute Gasteiger partial charge is 0 e. The van der Waals surface area contributed by atoms with Crippen molar-refractivity contribution in [1.29, 1.82) is 0 Å². The SMILES string of the molecule is CC.CC.CC.[CH3-].[Zn].c1ccc(CCCC2CCCCC2)cc1. The first kappa shape index (κ1) is 30.7. The molecule has 1 aromatic rings. The van der Waals surface area contributed by atoms with E-state index < -0.39 is 0 Å². The summed E-state index contributed by atoms with van der Waals surface area (Å²) in [6.07, 6.45) is 11.5. The summed E-state index contributed by atoms with van der Waals surface area (Å²) in [5, 5.41) is 0. The molecule has 0 nitrogen and oxygen atoms in total. The summed E-state index contributed by atoms with van der Waals surface area (Å²) in [6, 6.07) is 10.9. The molecule has 1 aromatic carbocycles. The fourth-order valence-electron chi connectivity index (χ4n) is 2.72. The molecule has 1 saturated carbocycles. The maximum absolute atomic E-state index is 2.25. The van der Waals surface area contributed by atoms with Gasteiger partial charge in [0, 0.05) is 19.5 Å². The minimum absolute atomic E-state index is 0. The number of hydrogen-bond acceptors (Lipinski definition) is 0. The molecule has 0 amide bonds. The van der Waals surface area contributed by atoms with Crippen molar-refractivity contribution in [2.75, 3.05) is 0 Å². The molecule has 0 unspecified atom stereocenters. The Kier molecular flexibility index (Phi) is 35.7. The predicted molar refractivity (Wildman–Crippen MR) is 106 cm³/mol. The van der Waals surface area contributed by atoms with Gasteiger partial charge in [-0.15, -0.1) is 0 Å². The first-order valence-corrected chi connectivity index (χ1v) is 9.49. The second-order valence-corrected chi connectivity index (χ2v) is 4.88. The van der Waals surface area contributed by atoms with E-state index in [2.05, 4.69) is 30.3 Å². The Labute approximate surface area is 161 Å². The van der Waals surface area contributed by atoms with Crippen LogP contribution in [0.15, 0.2) is 30.3 Å².